The molecule has 0 aliphatic carbocycles. The summed E-state index contributed by atoms with van der Waals surface area (Å²) in [7, 11) is 1.29. The summed E-state index contributed by atoms with van der Waals surface area (Å²) in [5.74, 6) is 0.877. The van der Waals surface area contributed by atoms with E-state index in [0.717, 1.165) is 24.5 Å². The van der Waals surface area contributed by atoms with E-state index < -0.39 is 7.14 Å². The van der Waals surface area contributed by atoms with Gasteiger partial charge in [0.1, 0.15) is 18.5 Å². The van der Waals surface area contributed by atoms with Gasteiger partial charge in [-0.15, -0.1) is 0 Å². The second-order valence-corrected chi connectivity index (χ2v) is 10.4. The summed E-state index contributed by atoms with van der Waals surface area (Å²) >= 11 is 0. The average molecular weight is 404 g/mol. The highest BCUT2D eigenvalue weighted by molar-refractivity contribution is 7.69. The molecule has 150 valence electrons. The van der Waals surface area contributed by atoms with Crippen molar-refractivity contribution in [3.8, 4) is 0 Å². The van der Waals surface area contributed by atoms with Crippen LogP contribution in [0.4, 0.5) is 11.6 Å². The van der Waals surface area contributed by atoms with Gasteiger partial charge in [0.2, 0.25) is 0 Å². The number of aromatic nitrogens is 5. The van der Waals surface area contributed by atoms with Gasteiger partial charge in [0.15, 0.2) is 17.0 Å². The summed E-state index contributed by atoms with van der Waals surface area (Å²) in [6.45, 7) is 5.07. The molecule has 0 radical (unpaired) electrons. The van der Waals surface area contributed by atoms with Gasteiger partial charge in [-0.3, -0.25) is 4.57 Å². The normalized spacial score (nSPS) is 12.0. The molecular weight excluding hydrogens is 379 g/mol. The van der Waals surface area contributed by atoms with Crippen LogP contribution in [0.2, 0.25) is 0 Å². The number of nitrogens with one attached hydrogen (secondary N) is 2. The first-order chi connectivity index (χ1) is 13.1. The Kier molecular flexibility index (Phi) is 5.53. The second-order valence-electron chi connectivity index (χ2n) is 7.26. The zero-order valence-electron chi connectivity index (χ0n) is 16.4. The topological polar surface area (TPSA) is 135 Å². The molecule has 0 aromatic carbocycles. The highest BCUT2D eigenvalue weighted by Gasteiger charge is 2.20. The minimum atomic E-state index is -2.72. The summed E-state index contributed by atoms with van der Waals surface area (Å²) in [4.78, 5) is 30.0. The summed E-state index contributed by atoms with van der Waals surface area (Å²) < 4.78 is 13.8. The number of nitrogens with zero attached hydrogens (tertiary/aromatic N) is 5. The lowest BCUT2D eigenvalue weighted by Crippen LogP contribution is -2.21. The van der Waals surface area contributed by atoms with Gasteiger partial charge in [-0.25, -0.2) is 19.7 Å². The Hall–Kier alpha value is -2.71. The number of anilines is 2. The lowest BCUT2D eigenvalue weighted by atomic mass is 10.3. The highest BCUT2D eigenvalue weighted by atomic mass is 31.2. The van der Waals surface area contributed by atoms with Gasteiger partial charge in [-0.2, -0.15) is 0 Å². The number of hydrogen-bond acceptors (Lipinski definition) is 8. The molecule has 0 aliphatic rings. The number of likely N-dealkylation sites (N-methyl/N-ethyl adjacent to an activating group) is 1. The van der Waals surface area contributed by atoms with Crippen molar-refractivity contribution < 1.29 is 4.57 Å². The highest BCUT2D eigenvalue weighted by Crippen LogP contribution is 2.33. The largest absolute Gasteiger partial charge is 0.382 e. The van der Waals surface area contributed by atoms with Crippen LogP contribution in [0.1, 0.15) is 5.56 Å². The van der Waals surface area contributed by atoms with E-state index in [2.05, 4.69) is 30.2 Å². The number of pyridine rings is 1. The fourth-order valence-electron chi connectivity index (χ4n) is 2.64. The van der Waals surface area contributed by atoms with Crippen molar-refractivity contribution in [3.63, 3.8) is 0 Å². The van der Waals surface area contributed by atoms with Crippen LogP contribution in [0.3, 0.4) is 0 Å². The molecule has 4 N–H and O–H groups in total. The molecule has 0 saturated carbocycles. The van der Waals surface area contributed by atoms with Crippen molar-refractivity contribution in [3.05, 3.63) is 34.4 Å². The molecule has 10 nitrogen and oxygen atoms in total. The van der Waals surface area contributed by atoms with Gasteiger partial charge >= 0.3 is 5.69 Å². The number of fused-ring (bicyclic) bond motifs is 1. The fourth-order valence-corrected chi connectivity index (χ4v) is 3.32. The molecule has 0 amide bonds. The molecule has 0 aliphatic heterocycles. The van der Waals surface area contributed by atoms with Crippen molar-refractivity contribution in [2.45, 2.75) is 6.54 Å². The van der Waals surface area contributed by atoms with Crippen LogP contribution in [0.5, 0.6) is 0 Å². The molecule has 0 bridgehead atoms. The number of imidazole rings is 1. The molecule has 28 heavy (non-hydrogen) atoms. The molecule has 0 saturated heterocycles. The zero-order chi connectivity index (χ0) is 20.5. The first-order valence-electron chi connectivity index (χ1n) is 8.80. The molecule has 0 atom stereocenters. The van der Waals surface area contributed by atoms with Crippen LogP contribution in [-0.4, -0.2) is 69.9 Å². The van der Waals surface area contributed by atoms with Crippen molar-refractivity contribution in [1.29, 1.82) is 0 Å². The van der Waals surface area contributed by atoms with Gasteiger partial charge in [-0.1, -0.05) is 6.07 Å². The molecular formula is C17H25N8O2P. The predicted molar refractivity (Wildman–Crippen MR) is 112 cm³/mol. The Morgan fingerprint density at radius 1 is 1.29 bits per heavy atom. The standard InChI is InChI=1S/C17H25N8O2P/c1-24(2)8-7-19-12-6-5-11(9-20-12)10-25-15-13(21-17(25)26)14(18)22-16(23-15)28(3,4)27/h5-6,9H,7-8,10H2,1-4H3,(H,19,20)(H,21,26)(H2,18,22,23). The van der Waals surface area contributed by atoms with E-state index in [1.807, 2.05) is 26.2 Å². The monoisotopic (exact) mass is 404 g/mol. The van der Waals surface area contributed by atoms with Gasteiger partial charge < -0.3 is 25.5 Å². The van der Waals surface area contributed by atoms with E-state index in [9.17, 15) is 9.36 Å². The quantitative estimate of drug-likeness (QED) is 0.481. The Balaban J connectivity index is 1.88. The van der Waals surface area contributed by atoms with Crippen molar-refractivity contribution >= 4 is 35.5 Å². The third-order valence-electron chi connectivity index (χ3n) is 4.15. The fraction of sp³-hybridized carbons (Fsp3) is 0.412. The third kappa shape index (κ3) is 4.40. The third-order valence-corrected chi connectivity index (χ3v) is 5.31. The maximum Gasteiger partial charge on any atom is 0.328 e. The van der Waals surface area contributed by atoms with Crippen molar-refractivity contribution in [2.24, 2.45) is 0 Å². The average Bonchev–Trinajstić information content (AvgIpc) is 2.92. The Labute approximate surface area is 162 Å². The van der Waals surface area contributed by atoms with Crippen LogP contribution in [0, 0.1) is 0 Å². The van der Waals surface area contributed by atoms with Crippen LogP contribution in [0.25, 0.3) is 11.2 Å². The number of nitrogen functional groups attached to an aromatic ring is 1. The number of nitrogens with two attached hydrogens (primary N) is 1. The molecule has 3 rings (SSSR count). The number of aromatic amines is 1. The Bertz CT molecular complexity index is 1080. The van der Waals surface area contributed by atoms with E-state index in [0.29, 0.717) is 11.2 Å². The van der Waals surface area contributed by atoms with E-state index in [-0.39, 0.29) is 23.6 Å². The lowest BCUT2D eigenvalue weighted by Gasteiger charge is -2.11. The van der Waals surface area contributed by atoms with Crippen molar-refractivity contribution in [2.75, 3.05) is 51.6 Å². The number of hydrogen-bond donors (Lipinski definition) is 3. The van der Waals surface area contributed by atoms with E-state index in [4.69, 9.17) is 5.73 Å². The summed E-state index contributed by atoms with van der Waals surface area (Å²) in [6, 6.07) is 3.76. The summed E-state index contributed by atoms with van der Waals surface area (Å²) in [6.07, 6.45) is 1.71. The van der Waals surface area contributed by atoms with Gasteiger partial charge in [0.05, 0.1) is 6.54 Å². The van der Waals surface area contributed by atoms with Gasteiger partial charge in [-0.05, 0) is 39.1 Å². The SMILES string of the molecule is CN(C)CCNc1ccc(Cn2c(=O)[nH]c3c(N)nc(P(C)(C)=O)nc32)cn1. The molecule has 11 heteroatoms. The first kappa shape index (κ1) is 20.0. The van der Waals surface area contributed by atoms with Crippen LogP contribution in [-0.2, 0) is 11.1 Å². The Morgan fingerprint density at radius 3 is 2.64 bits per heavy atom. The molecule has 3 heterocycles. The van der Waals surface area contributed by atoms with E-state index >= 15 is 0 Å². The minimum absolute atomic E-state index is 0.110. The zero-order valence-corrected chi connectivity index (χ0v) is 17.3. The van der Waals surface area contributed by atoms with Gasteiger partial charge in [0.25, 0.3) is 0 Å². The minimum Gasteiger partial charge on any atom is -0.382 e. The molecule has 3 aromatic heterocycles. The smallest absolute Gasteiger partial charge is 0.328 e. The number of rotatable bonds is 7. The van der Waals surface area contributed by atoms with Gasteiger partial charge in [0, 0.05) is 19.3 Å². The number of H-pyrrole nitrogens is 1. The van der Waals surface area contributed by atoms with Crippen LogP contribution < -0.4 is 22.3 Å². The van der Waals surface area contributed by atoms with E-state index in [1.54, 1.807) is 19.5 Å². The maximum absolute atomic E-state index is 12.4. The predicted octanol–water partition coefficient (Wildman–Crippen LogP) is 0.367. The van der Waals surface area contributed by atoms with E-state index in [1.165, 1.54) is 4.57 Å². The molecule has 0 unspecified atom stereocenters. The van der Waals surface area contributed by atoms with Crippen LogP contribution >= 0.6 is 7.14 Å². The summed E-state index contributed by atoms with van der Waals surface area (Å²) in [5, 5.41) is 3.24. The van der Waals surface area contributed by atoms with Crippen LogP contribution in [0.15, 0.2) is 23.1 Å². The molecule has 0 fully saturated rings. The van der Waals surface area contributed by atoms with Crippen molar-refractivity contribution in [1.82, 2.24) is 29.4 Å². The molecule has 3 aromatic rings. The first-order valence-corrected chi connectivity index (χ1v) is 11.4. The molecule has 0 spiro atoms. The Morgan fingerprint density at radius 2 is 2.04 bits per heavy atom. The second kappa shape index (κ2) is 7.73. The maximum atomic E-state index is 12.4. The summed E-state index contributed by atoms with van der Waals surface area (Å²) in [5.41, 5.74) is 7.25. The lowest BCUT2D eigenvalue weighted by molar-refractivity contribution is 0.425.